The predicted molar refractivity (Wildman–Crippen MR) is 111 cm³/mol. The summed E-state index contributed by atoms with van der Waals surface area (Å²) >= 11 is 0. The third kappa shape index (κ3) is 3.90. The van der Waals surface area contributed by atoms with Crippen molar-refractivity contribution in [3.8, 4) is 17.1 Å². The summed E-state index contributed by atoms with van der Waals surface area (Å²) in [6.07, 6.45) is 0. The fourth-order valence-electron chi connectivity index (χ4n) is 3.13. The Labute approximate surface area is 171 Å². The van der Waals surface area contributed by atoms with Crippen LogP contribution >= 0.6 is 0 Å². The highest BCUT2D eigenvalue weighted by Gasteiger charge is 2.12. The molecule has 0 spiro atoms. The summed E-state index contributed by atoms with van der Waals surface area (Å²) in [6, 6.07) is 14.6. The quantitative estimate of drug-likeness (QED) is 0.507. The number of carbonyl (C=O) groups is 1. The number of nitrogens with zero attached hydrogens (tertiary/aromatic N) is 4. The van der Waals surface area contributed by atoms with Crippen molar-refractivity contribution in [2.45, 2.75) is 20.0 Å². The number of nitrogens with one attached hydrogen (secondary N) is 2. The summed E-state index contributed by atoms with van der Waals surface area (Å²) in [5, 5.41) is 15.3. The standard InChI is InChI=1S/C21H20N6O3/c1-13-16-5-3-4-6-17(16)21(29)27(26-13)12-19(28)22-11-18-23-20(25-24-18)14-7-9-15(30-2)10-8-14/h3-10H,11-12H2,1-2H3,(H,22,28)(H,23,24,25). The summed E-state index contributed by atoms with van der Waals surface area (Å²) < 4.78 is 6.31. The number of hydrogen-bond acceptors (Lipinski definition) is 6. The van der Waals surface area contributed by atoms with Gasteiger partial charge in [0, 0.05) is 10.9 Å². The molecule has 0 fully saturated rings. The number of rotatable bonds is 6. The van der Waals surface area contributed by atoms with Gasteiger partial charge in [0.05, 0.1) is 24.7 Å². The topological polar surface area (TPSA) is 115 Å². The Morgan fingerprint density at radius 3 is 2.60 bits per heavy atom. The maximum absolute atomic E-state index is 12.6. The lowest BCUT2D eigenvalue weighted by molar-refractivity contribution is -0.122. The second kappa shape index (κ2) is 8.16. The Hall–Kier alpha value is -4.01. The summed E-state index contributed by atoms with van der Waals surface area (Å²) in [5.74, 6) is 1.42. The monoisotopic (exact) mass is 404 g/mol. The second-order valence-electron chi connectivity index (χ2n) is 6.70. The molecule has 30 heavy (non-hydrogen) atoms. The number of benzene rings is 2. The van der Waals surface area contributed by atoms with Crippen LogP contribution in [0.25, 0.3) is 22.2 Å². The molecule has 9 heteroatoms. The van der Waals surface area contributed by atoms with E-state index in [1.165, 1.54) is 4.68 Å². The molecule has 2 N–H and O–H groups in total. The zero-order valence-electron chi connectivity index (χ0n) is 16.5. The zero-order valence-corrected chi connectivity index (χ0v) is 16.5. The Balaban J connectivity index is 1.42. The number of carbonyl (C=O) groups excluding carboxylic acids is 1. The lowest BCUT2D eigenvalue weighted by atomic mass is 10.1. The van der Waals surface area contributed by atoms with Crippen molar-refractivity contribution in [3.63, 3.8) is 0 Å². The number of fused-ring (bicyclic) bond motifs is 1. The van der Waals surface area contributed by atoms with Crippen LogP contribution < -0.4 is 15.6 Å². The van der Waals surface area contributed by atoms with Gasteiger partial charge in [0.25, 0.3) is 5.56 Å². The molecule has 4 aromatic rings. The van der Waals surface area contributed by atoms with E-state index in [0.717, 1.165) is 16.7 Å². The zero-order chi connectivity index (χ0) is 21.1. The fourth-order valence-corrected chi connectivity index (χ4v) is 3.13. The van der Waals surface area contributed by atoms with E-state index in [0.29, 0.717) is 22.7 Å². The molecule has 0 aliphatic heterocycles. The molecule has 4 rings (SSSR count). The summed E-state index contributed by atoms with van der Waals surface area (Å²) in [5.41, 5.74) is 1.22. The molecule has 0 unspecified atom stereocenters. The summed E-state index contributed by atoms with van der Waals surface area (Å²) in [4.78, 5) is 29.3. The van der Waals surface area contributed by atoms with E-state index in [9.17, 15) is 9.59 Å². The van der Waals surface area contributed by atoms with Crippen LogP contribution in [0.5, 0.6) is 5.75 Å². The first-order valence-corrected chi connectivity index (χ1v) is 9.34. The van der Waals surface area contributed by atoms with Crippen LogP contribution in [0.15, 0.2) is 53.3 Å². The molecule has 2 aromatic carbocycles. The summed E-state index contributed by atoms with van der Waals surface area (Å²) in [6.45, 7) is 1.79. The van der Waals surface area contributed by atoms with Crippen molar-refractivity contribution in [2.24, 2.45) is 0 Å². The van der Waals surface area contributed by atoms with Gasteiger partial charge in [-0.1, -0.05) is 18.2 Å². The third-order valence-electron chi connectivity index (χ3n) is 4.68. The number of hydrogen-bond donors (Lipinski definition) is 2. The van der Waals surface area contributed by atoms with Crippen LogP contribution in [0.3, 0.4) is 0 Å². The number of ether oxygens (including phenoxy) is 1. The van der Waals surface area contributed by atoms with Gasteiger partial charge in [-0.3, -0.25) is 14.7 Å². The van der Waals surface area contributed by atoms with E-state index in [1.54, 1.807) is 19.2 Å². The van der Waals surface area contributed by atoms with Crippen LogP contribution in [0, 0.1) is 6.92 Å². The van der Waals surface area contributed by atoms with Crippen LogP contribution in [0.1, 0.15) is 11.5 Å². The van der Waals surface area contributed by atoms with Gasteiger partial charge < -0.3 is 10.1 Å². The Bertz CT molecular complexity index is 1260. The average Bonchev–Trinajstić information content (AvgIpc) is 3.25. The first-order valence-electron chi connectivity index (χ1n) is 9.34. The van der Waals surface area contributed by atoms with E-state index in [2.05, 4.69) is 25.6 Å². The first-order chi connectivity index (χ1) is 14.5. The lowest BCUT2D eigenvalue weighted by Crippen LogP contribution is -2.34. The van der Waals surface area contributed by atoms with Crippen LogP contribution in [-0.4, -0.2) is 38.0 Å². The second-order valence-corrected chi connectivity index (χ2v) is 6.70. The van der Waals surface area contributed by atoms with Gasteiger partial charge >= 0.3 is 0 Å². The molecular formula is C21H20N6O3. The molecule has 0 aliphatic rings. The SMILES string of the molecule is COc1ccc(-c2n[nH]c(CNC(=O)Cn3nc(C)c4ccccc4c3=O)n2)cc1. The largest absolute Gasteiger partial charge is 0.497 e. The third-order valence-corrected chi connectivity index (χ3v) is 4.68. The van der Waals surface area contributed by atoms with Crippen LogP contribution in [0.2, 0.25) is 0 Å². The van der Waals surface area contributed by atoms with Crippen molar-refractivity contribution in [1.82, 2.24) is 30.3 Å². The van der Waals surface area contributed by atoms with E-state index >= 15 is 0 Å². The predicted octanol–water partition coefficient (Wildman–Crippen LogP) is 1.82. The van der Waals surface area contributed by atoms with Crippen molar-refractivity contribution in [1.29, 1.82) is 0 Å². The number of aromatic amines is 1. The molecule has 0 aliphatic carbocycles. The van der Waals surface area contributed by atoms with Gasteiger partial charge in [-0.15, -0.1) is 0 Å². The van der Waals surface area contributed by atoms with Gasteiger partial charge in [-0.05, 0) is 37.3 Å². The van der Waals surface area contributed by atoms with Gasteiger partial charge in [0.2, 0.25) is 5.91 Å². The molecule has 2 aromatic heterocycles. The van der Waals surface area contributed by atoms with Gasteiger partial charge in [0.15, 0.2) is 5.82 Å². The minimum Gasteiger partial charge on any atom is -0.497 e. The average molecular weight is 404 g/mol. The highest BCUT2D eigenvalue weighted by Crippen LogP contribution is 2.18. The Morgan fingerprint density at radius 1 is 1.13 bits per heavy atom. The maximum Gasteiger partial charge on any atom is 0.275 e. The van der Waals surface area contributed by atoms with Crippen molar-refractivity contribution >= 4 is 16.7 Å². The molecule has 0 bridgehead atoms. The van der Waals surface area contributed by atoms with Crippen molar-refractivity contribution in [2.75, 3.05) is 7.11 Å². The normalized spacial score (nSPS) is 10.9. The highest BCUT2D eigenvalue weighted by molar-refractivity contribution is 5.83. The number of amides is 1. The van der Waals surface area contributed by atoms with E-state index in [1.807, 2.05) is 43.3 Å². The Morgan fingerprint density at radius 2 is 1.87 bits per heavy atom. The molecule has 9 nitrogen and oxygen atoms in total. The van der Waals surface area contributed by atoms with E-state index in [4.69, 9.17) is 4.74 Å². The van der Waals surface area contributed by atoms with E-state index in [-0.39, 0.29) is 24.6 Å². The number of aromatic nitrogens is 5. The molecule has 152 valence electrons. The lowest BCUT2D eigenvalue weighted by Gasteiger charge is -2.08. The first kappa shape index (κ1) is 19.3. The van der Waals surface area contributed by atoms with E-state index < -0.39 is 0 Å². The molecular weight excluding hydrogens is 384 g/mol. The molecule has 1 amide bonds. The van der Waals surface area contributed by atoms with Gasteiger partial charge in [0.1, 0.15) is 18.1 Å². The molecule has 2 heterocycles. The fraction of sp³-hybridized carbons (Fsp3) is 0.190. The van der Waals surface area contributed by atoms with Gasteiger partial charge in [-0.2, -0.15) is 10.2 Å². The van der Waals surface area contributed by atoms with Crippen LogP contribution in [-0.2, 0) is 17.9 Å². The van der Waals surface area contributed by atoms with Crippen LogP contribution in [0.4, 0.5) is 0 Å². The van der Waals surface area contributed by atoms with Crippen molar-refractivity contribution in [3.05, 3.63) is 70.4 Å². The van der Waals surface area contributed by atoms with Gasteiger partial charge in [-0.25, -0.2) is 9.67 Å². The minimum absolute atomic E-state index is 0.156. The summed E-state index contributed by atoms with van der Waals surface area (Å²) in [7, 11) is 1.60. The van der Waals surface area contributed by atoms with Crippen molar-refractivity contribution < 1.29 is 9.53 Å². The number of aryl methyl sites for hydroxylation is 1. The maximum atomic E-state index is 12.6. The number of H-pyrrole nitrogens is 1. The Kier molecular flexibility index (Phi) is 5.25. The highest BCUT2D eigenvalue weighted by atomic mass is 16.5. The molecule has 0 radical (unpaired) electrons. The minimum atomic E-state index is -0.346. The molecule has 0 saturated heterocycles. The smallest absolute Gasteiger partial charge is 0.275 e. The number of methoxy groups -OCH3 is 1. The molecule has 0 saturated carbocycles. The molecule has 0 atom stereocenters.